The molecule has 4 atom stereocenters. The lowest BCUT2D eigenvalue weighted by Crippen LogP contribution is -2.74. The van der Waals surface area contributed by atoms with Gasteiger partial charge in [0.05, 0.1) is 22.3 Å². The summed E-state index contributed by atoms with van der Waals surface area (Å²) in [6, 6.07) is 10.6. The van der Waals surface area contributed by atoms with Gasteiger partial charge in [-0.3, -0.25) is 9.88 Å². The summed E-state index contributed by atoms with van der Waals surface area (Å²) in [5.41, 5.74) is 2.47. The van der Waals surface area contributed by atoms with Crippen molar-refractivity contribution in [3.05, 3.63) is 76.6 Å². The van der Waals surface area contributed by atoms with E-state index in [1.165, 1.54) is 25.0 Å². The monoisotopic (exact) mass is 520 g/mol. The topological polar surface area (TPSA) is 65.8 Å². The van der Waals surface area contributed by atoms with Gasteiger partial charge in [-0.1, -0.05) is 18.2 Å². The van der Waals surface area contributed by atoms with Gasteiger partial charge in [0.2, 0.25) is 0 Å². The molecule has 1 spiro atoms. The van der Waals surface area contributed by atoms with Crippen LogP contribution >= 0.6 is 0 Å². The number of aromatic hydroxyl groups is 1. The van der Waals surface area contributed by atoms with Crippen molar-refractivity contribution in [2.75, 3.05) is 13.1 Å². The number of nitrogens with zero attached hydrogens (tertiary/aromatic N) is 2. The molecule has 2 aliphatic heterocycles. The molecule has 1 saturated carbocycles. The van der Waals surface area contributed by atoms with E-state index in [1.54, 1.807) is 12.3 Å². The zero-order chi connectivity index (χ0) is 26.0. The van der Waals surface area contributed by atoms with Gasteiger partial charge in [0.15, 0.2) is 17.6 Å². The van der Waals surface area contributed by atoms with Gasteiger partial charge in [-0.25, -0.2) is 0 Å². The van der Waals surface area contributed by atoms with Crippen LogP contribution < -0.4 is 4.74 Å². The van der Waals surface area contributed by atoms with Gasteiger partial charge in [0.1, 0.15) is 0 Å². The predicted octanol–water partition coefficient (Wildman–Crippen LogP) is 5.17. The van der Waals surface area contributed by atoms with Gasteiger partial charge < -0.3 is 14.9 Å². The molecule has 2 aromatic carbocycles. The minimum absolute atomic E-state index is 0.0802. The number of fused-ring (bicyclic) bond motifs is 2. The molecule has 5 nitrogen and oxygen atoms in total. The van der Waals surface area contributed by atoms with Gasteiger partial charge in [-0.2, -0.15) is 13.2 Å². The number of hydrogen-bond acceptors (Lipinski definition) is 5. The molecular formula is C30H27F3N2O3. The average Bonchev–Trinajstić information content (AvgIpc) is 3.63. The van der Waals surface area contributed by atoms with Crippen molar-refractivity contribution < 1.29 is 28.1 Å². The number of aliphatic hydroxyl groups is 1. The Balaban J connectivity index is 1.27. The summed E-state index contributed by atoms with van der Waals surface area (Å²) in [5, 5.41) is 23.6. The largest absolute Gasteiger partial charge is 0.504 e. The van der Waals surface area contributed by atoms with E-state index in [-0.39, 0.29) is 11.8 Å². The van der Waals surface area contributed by atoms with Crippen LogP contribution in [0.4, 0.5) is 13.2 Å². The van der Waals surface area contributed by atoms with Crippen LogP contribution in [0.25, 0.3) is 11.1 Å². The van der Waals surface area contributed by atoms with Crippen molar-refractivity contribution >= 4 is 0 Å². The summed E-state index contributed by atoms with van der Waals surface area (Å²) in [6.07, 6.45) is 0.989. The molecule has 1 saturated heterocycles. The minimum Gasteiger partial charge on any atom is -0.504 e. The Hall–Kier alpha value is -3.10. The Morgan fingerprint density at radius 2 is 1.84 bits per heavy atom. The Bertz CT molecular complexity index is 1490. The molecule has 0 unspecified atom stereocenters. The molecule has 2 fully saturated rings. The molecule has 1 aromatic heterocycles. The lowest BCUT2D eigenvalue weighted by molar-refractivity contribution is -0.173. The number of benzene rings is 2. The maximum absolute atomic E-state index is 13.1. The zero-order valence-electron chi connectivity index (χ0n) is 20.6. The Labute approximate surface area is 217 Å². The highest BCUT2D eigenvalue weighted by Gasteiger charge is 2.72. The number of ether oxygens (including phenoxy) is 1. The van der Waals surface area contributed by atoms with Crippen molar-refractivity contribution in [1.29, 1.82) is 0 Å². The quantitative estimate of drug-likeness (QED) is 0.499. The van der Waals surface area contributed by atoms with Gasteiger partial charge >= 0.3 is 6.18 Å². The molecule has 8 heteroatoms. The number of halogens is 3. The third-order valence-corrected chi connectivity index (χ3v) is 9.77. The van der Waals surface area contributed by atoms with Crippen LogP contribution in [-0.2, 0) is 24.4 Å². The Morgan fingerprint density at radius 3 is 2.58 bits per heavy atom. The third-order valence-electron chi connectivity index (χ3n) is 9.77. The van der Waals surface area contributed by atoms with Crippen LogP contribution in [-0.4, -0.2) is 44.8 Å². The van der Waals surface area contributed by atoms with E-state index in [0.29, 0.717) is 42.1 Å². The van der Waals surface area contributed by atoms with E-state index in [1.807, 2.05) is 12.1 Å². The average molecular weight is 521 g/mol. The molecule has 5 aliphatic rings. The van der Waals surface area contributed by atoms with Gasteiger partial charge in [-0.15, -0.1) is 0 Å². The number of alkyl halides is 3. The number of piperidine rings is 1. The smallest absolute Gasteiger partial charge is 0.416 e. The van der Waals surface area contributed by atoms with Gasteiger partial charge in [0, 0.05) is 36.3 Å². The van der Waals surface area contributed by atoms with Crippen molar-refractivity contribution in [3.63, 3.8) is 0 Å². The van der Waals surface area contributed by atoms with E-state index in [4.69, 9.17) is 9.72 Å². The number of likely N-dealkylation sites (tertiary alicyclic amines) is 1. The predicted molar refractivity (Wildman–Crippen MR) is 133 cm³/mol. The molecule has 38 heavy (non-hydrogen) atoms. The molecule has 3 heterocycles. The normalized spacial score (nSPS) is 30.9. The first-order chi connectivity index (χ1) is 18.2. The fraction of sp³-hybridized carbons (Fsp3) is 0.433. The summed E-state index contributed by atoms with van der Waals surface area (Å²) < 4.78 is 45.8. The van der Waals surface area contributed by atoms with Crippen molar-refractivity contribution in [3.8, 4) is 22.6 Å². The van der Waals surface area contributed by atoms with Crippen LogP contribution in [0.5, 0.6) is 11.5 Å². The van der Waals surface area contributed by atoms with Crippen LogP contribution in [0, 0.1) is 5.92 Å². The molecule has 0 radical (unpaired) electrons. The Morgan fingerprint density at radius 1 is 1.05 bits per heavy atom. The first-order valence-electron chi connectivity index (χ1n) is 13.3. The first-order valence-corrected chi connectivity index (χ1v) is 13.3. The fourth-order valence-corrected chi connectivity index (χ4v) is 7.85. The number of phenolic OH excluding ortho intramolecular Hbond substituents is 1. The van der Waals surface area contributed by atoms with Crippen molar-refractivity contribution in [1.82, 2.24) is 9.88 Å². The molecule has 2 bridgehead atoms. The maximum atomic E-state index is 13.1. The van der Waals surface area contributed by atoms with Crippen LogP contribution in [0.15, 0.2) is 48.7 Å². The summed E-state index contributed by atoms with van der Waals surface area (Å²) in [6.45, 7) is 1.84. The standard InChI is InChI=1S/C30H27F3N2O3/c31-30(32,33)21-6-3-17(4-7-21)20-11-19-13-29(37)23-12-18-5-8-22(36)26-24(18)28(29,27(38-26)25(19)34-14-20)9-10-35(23)15-16-1-2-16/h3-8,11,14,16,23,27,36-37H,1-2,9-10,12-13,15H2/t23-,27-,28-,29+/m0/s1. The zero-order valence-corrected chi connectivity index (χ0v) is 20.6. The van der Waals surface area contributed by atoms with E-state index >= 15 is 0 Å². The number of pyridine rings is 1. The summed E-state index contributed by atoms with van der Waals surface area (Å²) in [5.74, 6) is 1.22. The van der Waals surface area contributed by atoms with Crippen molar-refractivity contribution in [2.24, 2.45) is 5.92 Å². The lowest BCUT2D eigenvalue weighted by atomic mass is 9.49. The highest BCUT2D eigenvalue weighted by molar-refractivity contribution is 5.67. The fourth-order valence-electron chi connectivity index (χ4n) is 7.85. The SMILES string of the molecule is Oc1ccc2c3c1O[C@H]1c4ncc(-c5ccc(C(F)(F)F)cc5)cc4C[C@@]4(O)[C@H](C2)N(CC2CC2)CC[C@]314. The van der Waals surface area contributed by atoms with Gasteiger partial charge in [-0.05, 0) is 79.1 Å². The minimum atomic E-state index is -4.39. The molecule has 8 rings (SSSR count). The third kappa shape index (κ3) is 2.88. The first kappa shape index (κ1) is 22.8. The number of hydrogen-bond donors (Lipinski definition) is 2. The number of phenols is 1. The van der Waals surface area contributed by atoms with E-state index < -0.39 is 28.9 Å². The maximum Gasteiger partial charge on any atom is 0.416 e. The lowest BCUT2D eigenvalue weighted by Gasteiger charge is -2.63. The Kier molecular flexibility index (Phi) is 4.39. The summed E-state index contributed by atoms with van der Waals surface area (Å²) in [4.78, 5) is 7.27. The summed E-state index contributed by atoms with van der Waals surface area (Å²) in [7, 11) is 0. The second-order valence-electron chi connectivity index (χ2n) is 11.8. The number of aromatic nitrogens is 1. The van der Waals surface area contributed by atoms with E-state index in [2.05, 4.69) is 4.90 Å². The van der Waals surface area contributed by atoms with Crippen molar-refractivity contribution in [2.45, 2.75) is 61.4 Å². The second-order valence-corrected chi connectivity index (χ2v) is 11.8. The van der Waals surface area contributed by atoms with Crippen LogP contribution in [0.3, 0.4) is 0 Å². The highest BCUT2D eigenvalue weighted by Crippen LogP contribution is 2.68. The second kappa shape index (κ2) is 7.30. The van der Waals surface area contributed by atoms with Crippen LogP contribution in [0.1, 0.15) is 53.3 Å². The molecule has 3 aliphatic carbocycles. The summed E-state index contributed by atoms with van der Waals surface area (Å²) >= 11 is 0. The van der Waals surface area contributed by atoms with E-state index in [0.717, 1.165) is 47.6 Å². The molecule has 0 amide bonds. The molecule has 196 valence electrons. The van der Waals surface area contributed by atoms with Gasteiger partial charge in [0.25, 0.3) is 0 Å². The molecule has 3 aromatic rings. The van der Waals surface area contributed by atoms with E-state index in [9.17, 15) is 23.4 Å². The molecular weight excluding hydrogens is 493 g/mol. The molecule has 2 N–H and O–H groups in total. The van der Waals surface area contributed by atoms with Crippen LogP contribution in [0.2, 0.25) is 0 Å². The highest BCUT2D eigenvalue weighted by atomic mass is 19.4. The number of rotatable bonds is 3.